The second kappa shape index (κ2) is 5.99. The summed E-state index contributed by atoms with van der Waals surface area (Å²) in [5.41, 5.74) is 1.87. The Kier molecular flexibility index (Phi) is 4.12. The maximum Gasteiger partial charge on any atom is 0.203 e. The molecule has 0 radical (unpaired) electrons. The highest BCUT2D eigenvalue weighted by Gasteiger charge is 2.12. The number of methoxy groups -OCH3 is 3. The molecule has 6 nitrogen and oxygen atoms in total. The van der Waals surface area contributed by atoms with Gasteiger partial charge in [0, 0.05) is 24.0 Å². The SMILES string of the molecule is COc1cc(NCc2cnc[nH]2)cc(OC)c1OC. The van der Waals surface area contributed by atoms with E-state index in [0.29, 0.717) is 23.8 Å². The minimum absolute atomic E-state index is 0.581. The Hall–Kier alpha value is -2.37. The highest BCUT2D eigenvalue weighted by molar-refractivity contribution is 5.62. The van der Waals surface area contributed by atoms with Crippen molar-refractivity contribution in [2.75, 3.05) is 26.6 Å². The van der Waals surface area contributed by atoms with Gasteiger partial charge in [0.25, 0.3) is 0 Å². The van der Waals surface area contributed by atoms with E-state index < -0.39 is 0 Å². The molecule has 0 atom stereocenters. The zero-order chi connectivity index (χ0) is 13.7. The molecule has 0 saturated carbocycles. The van der Waals surface area contributed by atoms with E-state index in [1.165, 1.54) is 0 Å². The van der Waals surface area contributed by atoms with E-state index in [1.54, 1.807) is 33.9 Å². The third-order valence-corrected chi connectivity index (χ3v) is 2.70. The van der Waals surface area contributed by atoms with Gasteiger partial charge >= 0.3 is 0 Å². The summed E-state index contributed by atoms with van der Waals surface area (Å²) in [6.07, 6.45) is 3.41. The van der Waals surface area contributed by atoms with Crippen LogP contribution in [-0.2, 0) is 6.54 Å². The van der Waals surface area contributed by atoms with Crippen molar-refractivity contribution in [1.82, 2.24) is 9.97 Å². The number of rotatable bonds is 6. The Labute approximate surface area is 111 Å². The van der Waals surface area contributed by atoms with Crippen LogP contribution < -0.4 is 19.5 Å². The molecule has 0 spiro atoms. The van der Waals surface area contributed by atoms with E-state index in [1.807, 2.05) is 12.1 Å². The largest absolute Gasteiger partial charge is 0.493 e. The molecule has 102 valence electrons. The number of aromatic nitrogens is 2. The van der Waals surface area contributed by atoms with Crippen molar-refractivity contribution >= 4 is 5.69 Å². The van der Waals surface area contributed by atoms with Gasteiger partial charge in [-0.05, 0) is 0 Å². The number of hydrogen-bond donors (Lipinski definition) is 2. The van der Waals surface area contributed by atoms with Gasteiger partial charge < -0.3 is 24.5 Å². The summed E-state index contributed by atoms with van der Waals surface area (Å²) >= 11 is 0. The Morgan fingerprint density at radius 1 is 1.11 bits per heavy atom. The van der Waals surface area contributed by atoms with Crippen LogP contribution in [0.15, 0.2) is 24.7 Å². The van der Waals surface area contributed by atoms with Crippen molar-refractivity contribution in [2.24, 2.45) is 0 Å². The molecule has 0 saturated heterocycles. The first-order valence-electron chi connectivity index (χ1n) is 5.79. The van der Waals surface area contributed by atoms with Gasteiger partial charge in [-0.15, -0.1) is 0 Å². The van der Waals surface area contributed by atoms with Gasteiger partial charge in [0.1, 0.15) is 0 Å². The number of anilines is 1. The van der Waals surface area contributed by atoms with E-state index in [2.05, 4.69) is 15.3 Å². The third kappa shape index (κ3) is 2.90. The van der Waals surface area contributed by atoms with Gasteiger partial charge in [-0.25, -0.2) is 4.98 Å². The van der Waals surface area contributed by atoms with Crippen LogP contribution in [0.5, 0.6) is 17.2 Å². The molecule has 0 bridgehead atoms. The third-order valence-electron chi connectivity index (χ3n) is 2.70. The molecule has 2 N–H and O–H groups in total. The number of imidazole rings is 1. The van der Waals surface area contributed by atoms with Crippen molar-refractivity contribution in [2.45, 2.75) is 6.54 Å². The lowest BCUT2D eigenvalue weighted by Gasteiger charge is -2.14. The molecule has 0 unspecified atom stereocenters. The van der Waals surface area contributed by atoms with Gasteiger partial charge in [0.15, 0.2) is 11.5 Å². The quantitative estimate of drug-likeness (QED) is 0.834. The summed E-state index contributed by atoms with van der Waals surface area (Å²) in [7, 11) is 4.77. The second-order valence-electron chi connectivity index (χ2n) is 3.84. The smallest absolute Gasteiger partial charge is 0.203 e. The van der Waals surface area contributed by atoms with Crippen molar-refractivity contribution < 1.29 is 14.2 Å². The Morgan fingerprint density at radius 2 is 1.79 bits per heavy atom. The van der Waals surface area contributed by atoms with Gasteiger partial charge in [0.05, 0.1) is 39.9 Å². The minimum atomic E-state index is 0.581. The standard InChI is InChI=1S/C13H17N3O3/c1-17-11-4-9(5-12(18-2)13(11)19-3)15-7-10-6-14-8-16-10/h4-6,8,15H,7H2,1-3H3,(H,14,16). The highest BCUT2D eigenvalue weighted by Crippen LogP contribution is 2.39. The molecule has 19 heavy (non-hydrogen) atoms. The minimum Gasteiger partial charge on any atom is -0.493 e. The predicted octanol–water partition coefficient (Wildman–Crippen LogP) is 2.05. The fourth-order valence-electron chi connectivity index (χ4n) is 1.76. The average Bonchev–Trinajstić information content (AvgIpc) is 2.97. The summed E-state index contributed by atoms with van der Waals surface area (Å²) in [6.45, 7) is 0.638. The molecule has 0 aliphatic rings. The molecule has 0 amide bonds. The van der Waals surface area contributed by atoms with Crippen LogP contribution >= 0.6 is 0 Å². The lowest BCUT2D eigenvalue weighted by Crippen LogP contribution is -2.02. The van der Waals surface area contributed by atoms with Crippen molar-refractivity contribution in [3.8, 4) is 17.2 Å². The number of hydrogen-bond acceptors (Lipinski definition) is 5. The summed E-state index contributed by atoms with van der Waals surface area (Å²) in [5, 5.41) is 3.26. The maximum atomic E-state index is 5.29. The van der Waals surface area contributed by atoms with Gasteiger partial charge in [-0.1, -0.05) is 0 Å². The maximum absolute atomic E-state index is 5.29. The van der Waals surface area contributed by atoms with E-state index in [0.717, 1.165) is 11.4 Å². The first kappa shape index (κ1) is 13.1. The van der Waals surface area contributed by atoms with Crippen LogP contribution in [-0.4, -0.2) is 31.3 Å². The normalized spacial score (nSPS) is 10.1. The topological polar surface area (TPSA) is 68.4 Å². The fraction of sp³-hybridized carbons (Fsp3) is 0.308. The molecule has 2 aromatic rings. The van der Waals surface area contributed by atoms with Gasteiger partial charge in [-0.3, -0.25) is 0 Å². The molecule has 6 heteroatoms. The Bertz CT molecular complexity index is 501. The van der Waals surface area contributed by atoms with E-state index in [9.17, 15) is 0 Å². The second-order valence-corrected chi connectivity index (χ2v) is 3.84. The van der Waals surface area contributed by atoms with Crippen molar-refractivity contribution in [3.05, 3.63) is 30.4 Å². The number of H-pyrrole nitrogens is 1. The predicted molar refractivity (Wildman–Crippen MR) is 72.0 cm³/mol. The van der Waals surface area contributed by atoms with Crippen LogP contribution in [0.2, 0.25) is 0 Å². The van der Waals surface area contributed by atoms with Gasteiger partial charge in [0.2, 0.25) is 5.75 Å². The molecular formula is C13H17N3O3. The molecule has 1 heterocycles. The lowest BCUT2D eigenvalue weighted by atomic mass is 10.2. The number of nitrogens with zero attached hydrogens (tertiary/aromatic N) is 1. The highest BCUT2D eigenvalue weighted by atomic mass is 16.5. The number of benzene rings is 1. The van der Waals surface area contributed by atoms with Crippen molar-refractivity contribution in [1.29, 1.82) is 0 Å². The monoisotopic (exact) mass is 263 g/mol. The summed E-state index contributed by atoms with van der Waals surface area (Å²) < 4.78 is 15.9. The number of aromatic amines is 1. The molecule has 1 aromatic carbocycles. The zero-order valence-corrected chi connectivity index (χ0v) is 11.2. The Balaban J connectivity index is 2.20. The molecule has 1 aromatic heterocycles. The van der Waals surface area contributed by atoms with Crippen LogP contribution in [0.4, 0.5) is 5.69 Å². The molecular weight excluding hydrogens is 246 g/mol. The molecule has 0 aliphatic carbocycles. The zero-order valence-electron chi connectivity index (χ0n) is 11.2. The average molecular weight is 263 g/mol. The van der Waals surface area contributed by atoms with Crippen molar-refractivity contribution in [3.63, 3.8) is 0 Å². The Morgan fingerprint density at radius 3 is 2.26 bits per heavy atom. The summed E-state index contributed by atoms with van der Waals surface area (Å²) in [5.74, 6) is 1.82. The van der Waals surface area contributed by atoms with E-state index >= 15 is 0 Å². The first-order chi connectivity index (χ1) is 9.28. The fourth-order valence-corrected chi connectivity index (χ4v) is 1.76. The first-order valence-corrected chi connectivity index (χ1v) is 5.79. The summed E-state index contributed by atoms with van der Waals surface area (Å²) in [4.78, 5) is 6.99. The molecule has 2 rings (SSSR count). The molecule has 0 fully saturated rings. The van der Waals surface area contributed by atoms with E-state index in [-0.39, 0.29) is 0 Å². The van der Waals surface area contributed by atoms with Crippen LogP contribution in [0, 0.1) is 0 Å². The summed E-state index contributed by atoms with van der Waals surface area (Å²) in [6, 6.07) is 3.72. The van der Waals surface area contributed by atoms with Crippen LogP contribution in [0.1, 0.15) is 5.69 Å². The lowest BCUT2D eigenvalue weighted by molar-refractivity contribution is 0.324. The van der Waals surface area contributed by atoms with E-state index in [4.69, 9.17) is 14.2 Å². The van der Waals surface area contributed by atoms with Crippen LogP contribution in [0.3, 0.4) is 0 Å². The number of ether oxygens (including phenoxy) is 3. The van der Waals surface area contributed by atoms with Gasteiger partial charge in [-0.2, -0.15) is 0 Å². The van der Waals surface area contributed by atoms with Crippen LogP contribution in [0.25, 0.3) is 0 Å². The number of nitrogens with one attached hydrogen (secondary N) is 2. The molecule has 0 aliphatic heterocycles.